The number of hydrogen-bond donors (Lipinski definition) is 0. The highest BCUT2D eigenvalue weighted by Crippen LogP contribution is 2.27. The first kappa shape index (κ1) is 12.2. The maximum atomic E-state index is 5.30. The molecular weight excluding hydrogens is 226 g/mol. The average molecular weight is 241 g/mol. The Morgan fingerprint density at radius 3 is 2.67 bits per heavy atom. The topological polar surface area (TPSA) is 47.4 Å². The standard InChI is InChI=1S/C14H15N3O/c1-10-4-5-12(14(8-10)18-3)17-9-13-11(2)15-6-7-16-13/h4-9H,1-3H3/b17-9-. The van der Waals surface area contributed by atoms with Gasteiger partial charge in [0, 0.05) is 12.4 Å². The summed E-state index contributed by atoms with van der Waals surface area (Å²) >= 11 is 0. The molecule has 2 rings (SSSR count). The summed E-state index contributed by atoms with van der Waals surface area (Å²) in [6.07, 6.45) is 5.02. The molecule has 0 atom stereocenters. The van der Waals surface area contributed by atoms with Gasteiger partial charge in [0.05, 0.1) is 19.0 Å². The van der Waals surface area contributed by atoms with Gasteiger partial charge < -0.3 is 4.74 Å². The van der Waals surface area contributed by atoms with Gasteiger partial charge in [-0.15, -0.1) is 0 Å². The largest absolute Gasteiger partial charge is 0.494 e. The van der Waals surface area contributed by atoms with E-state index in [0.717, 1.165) is 28.4 Å². The third-order valence-corrected chi connectivity index (χ3v) is 2.58. The zero-order chi connectivity index (χ0) is 13.0. The number of hydrogen-bond acceptors (Lipinski definition) is 4. The molecule has 0 aliphatic carbocycles. The molecule has 0 saturated heterocycles. The van der Waals surface area contributed by atoms with E-state index in [1.165, 1.54) is 0 Å². The van der Waals surface area contributed by atoms with Crippen molar-refractivity contribution >= 4 is 11.9 Å². The summed E-state index contributed by atoms with van der Waals surface area (Å²) in [7, 11) is 1.64. The second-order valence-corrected chi connectivity index (χ2v) is 3.96. The number of nitrogens with zero attached hydrogens (tertiary/aromatic N) is 3. The molecule has 0 aliphatic heterocycles. The molecule has 4 heteroatoms. The van der Waals surface area contributed by atoms with Gasteiger partial charge in [0.2, 0.25) is 0 Å². The van der Waals surface area contributed by atoms with E-state index < -0.39 is 0 Å². The highest BCUT2D eigenvalue weighted by Gasteiger charge is 2.01. The maximum absolute atomic E-state index is 5.30. The van der Waals surface area contributed by atoms with E-state index in [-0.39, 0.29) is 0 Å². The zero-order valence-corrected chi connectivity index (χ0v) is 10.7. The Kier molecular flexibility index (Phi) is 3.67. The smallest absolute Gasteiger partial charge is 0.144 e. The lowest BCUT2D eigenvalue weighted by Gasteiger charge is -2.05. The fourth-order valence-electron chi connectivity index (χ4n) is 1.57. The SMILES string of the molecule is COc1cc(C)ccc1/N=C\c1nccnc1C. The molecule has 0 saturated carbocycles. The molecule has 92 valence electrons. The second kappa shape index (κ2) is 5.40. The molecule has 0 fully saturated rings. The van der Waals surface area contributed by atoms with Crippen LogP contribution in [0.3, 0.4) is 0 Å². The van der Waals surface area contributed by atoms with Gasteiger partial charge in [-0.1, -0.05) is 6.07 Å². The van der Waals surface area contributed by atoms with Gasteiger partial charge in [0.1, 0.15) is 17.1 Å². The van der Waals surface area contributed by atoms with Crippen molar-refractivity contribution in [2.75, 3.05) is 7.11 Å². The molecular formula is C14H15N3O. The second-order valence-electron chi connectivity index (χ2n) is 3.96. The van der Waals surface area contributed by atoms with E-state index in [1.54, 1.807) is 25.7 Å². The number of methoxy groups -OCH3 is 1. The van der Waals surface area contributed by atoms with Crippen LogP contribution >= 0.6 is 0 Å². The number of rotatable bonds is 3. The number of aryl methyl sites for hydroxylation is 2. The van der Waals surface area contributed by atoms with Gasteiger partial charge in [-0.3, -0.25) is 15.0 Å². The number of ether oxygens (including phenoxy) is 1. The minimum absolute atomic E-state index is 0.757. The monoisotopic (exact) mass is 241 g/mol. The average Bonchev–Trinajstić information content (AvgIpc) is 2.39. The molecule has 1 aromatic heterocycles. The Bertz CT molecular complexity index is 579. The molecule has 0 aliphatic rings. The summed E-state index contributed by atoms with van der Waals surface area (Å²) < 4.78 is 5.30. The third kappa shape index (κ3) is 2.71. The first-order chi connectivity index (χ1) is 8.70. The summed E-state index contributed by atoms with van der Waals surface area (Å²) in [5, 5.41) is 0. The van der Waals surface area contributed by atoms with Crippen molar-refractivity contribution in [1.82, 2.24) is 9.97 Å². The van der Waals surface area contributed by atoms with E-state index in [9.17, 15) is 0 Å². The summed E-state index contributed by atoms with van der Waals surface area (Å²) in [5.74, 6) is 0.757. The number of benzene rings is 1. The van der Waals surface area contributed by atoms with Gasteiger partial charge in [-0.25, -0.2) is 0 Å². The van der Waals surface area contributed by atoms with Gasteiger partial charge in [0.25, 0.3) is 0 Å². The van der Waals surface area contributed by atoms with Crippen LogP contribution in [0.4, 0.5) is 5.69 Å². The Hall–Kier alpha value is -2.23. The van der Waals surface area contributed by atoms with E-state index in [0.29, 0.717) is 0 Å². The molecule has 0 spiro atoms. The Balaban J connectivity index is 2.32. The zero-order valence-electron chi connectivity index (χ0n) is 10.7. The van der Waals surface area contributed by atoms with Crippen molar-refractivity contribution in [3.05, 3.63) is 47.5 Å². The first-order valence-electron chi connectivity index (χ1n) is 5.67. The molecule has 4 nitrogen and oxygen atoms in total. The van der Waals surface area contributed by atoms with E-state index in [4.69, 9.17) is 4.74 Å². The fourth-order valence-corrected chi connectivity index (χ4v) is 1.57. The molecule has 0 unspecified atom stereocenters. The minimum atomic E-state index is 0.757. The van der Waals surface area contributed by atoms with Crippen LogP contribution < -0.4 is 4.74 Å². The van der Waals surface area contributed by atoms with Crippen LogP contribution in [-0.4, -0.2) is 23.3 Å². The van der Waals surface area contributed by atoms with Crippen molar-refractivity contribution in [1.29, 1.82) is 0 Å². The lowest BCUT2D eigenvalue weighted by Crippen LogP contribution is -1.94. The van der Waals surface area contributed by atoms with Crippen molar-refractivity contribution < 1.29 is 4.74 Å². The van der Waals surface area contributed by atoms with Crippen molar-refractivity contribution in [2.24, 2.45) is 4.99 Å². The molecule has 0 amide bonds. The summed E-state index contributed by atoms with van der Waals surface area (Å²) in [4.78, 5) is 12.8. The maximum Gasteiger partial charge on any atom is 0.144 e. The number of aliphatic imine (C=N–C) groups is 1. The summed E-state index contributed by atoms with van der Waals surface area (Å²) in [5.41, 5.74) is 3.54. The summed E-state index contributed by atoms with van der Waals surface area (Å²) in [6.45, 7) is 3.92. The molecule has 1 aromatic carbocycles. The molecule has 0 N–H and O–H groups in total. The molecule has 0 radical (unpaired) electrons. The molecule has 18 heavy (non-hydrogen) atoms. The Morgan fingerprint density at radius 1 is 1.17 bits per heavy atom. The highest BCUT2D eigenvalue weighted by atomic mass is 16.5. The van der Waals surface area contributed by atoms with Crippen LogP contribution in [0.2, 0.25) is 0 Å². The van der Waals surface area contributed by atoms with Crippen LogP contribution in [0, 0.1) is 13.8 Å². The van der Waals surface area contributed by atoms with Crippen LogP contribution in [0.5, 0.6) is 5.75 Å². The van der Waals surface area contributed by atoms with Gasteiger partial charge in [-0.05, 0) is 31.5 Å². The van der Waals surface area contributed by atoms with Crippen LogP contribution in [0.15, 0.2) is 35.6 Å². The fraction of sp³-hybridized carbons (Fsp3) is 0.214. The normalized spacial score (nSPS) is 10.8. The van der Waals surface area contributed by atoms with Gasteiger partial charge in [0.15, 0.2) is 0 Å². The molecule has 1 heterocycles. The predicted octanol–water partition coefficient (Wildman–Crippen LogP) is 2.85. The van der Waals surface area contributed by atoms with Crippen LogP contribution in [-0.2, 0) is 0 Å². The van der Waals surface area contributed by atoms with Gasteiger partial charge in [-0.2, -0.15) is 0 Å². The van der Waals surface area contributed by atoms with E-state index in [2.05, 4.69) is 15.0 Å². The molecule has 2 aromatic rings. The van der Waals surface area contributed by atoms with E-state index in [1.807, 2.05) is 32.0 Å². The third-order valence-electron chi connectivity index (χ3n) is 2.58. The Morgan fingerprint density at radius 2 is 1.94 bits per heavy atom. The lowest BCUT2D eigenvalue weighted by atomic mass is 10.2. The highest BCUT2D eigenvalue weighted by molar-refractivity contribution is 5.81. The number of aromatic nitrogens is 2. The van der Waals surface area contributed by atoms with Crippen molar-refractivity contribution in [3.63, 3.8) is 0 Å². The van der Waals surface area contributed by atoms with Gasteiger partial charge >= 0.3 is 0 Å². The lowest BCUT2D eigenvalue weighted by molar-refractivity contribution is 0.416. The van der Waals surface area contributed by atoms with Crippen molar-refractivity contribution in [2.45, 2.75) is 13.8 Å². The quantitative estimate of drug-likeness (QED) is 0.776. The first-order valence-corrected chi connectivity index (χ1v) is 5.67. The van der Waals surface area contributed by atoms with Crippen LogP contribution in [0.25, 0.3) is 0 Å². The van der Waals surface area contributed by atoms with Crippen molar-refractivity contribution in [3.8, 4) is 5.75 Å². The Labute approximate surface area is 106 Å². The predicted molar refractivity (Wildman–Crippen MR) is 71.8 cm³/mol. The van der Waals surface area contributed by atoms with Crippen LogP contribution in [0.1, 0.15) is 17.0 Å². The van der Waals surface area contributed by atoms with E-state index >= 15 is 0 Å². The minimum Gasteiger partial charge on any atom is -0.494 e. The molecule has 0 bridgehead atoms. The summed E-state index contributed by atoms with van der Waals surface area (Å²) in [6, 6.07) is 5.88.